The first-order valence-corrected chi connectivity index (χ1v) is 7.59. The van der Waals surface area contributed by atoms with Crippen LogP contribution in [-0.4, -0.2) is 18.1 Å². The quantitative estimate of drug-likeness (QED) is 0.646. The second-order valence-corrected chi connectivity index (χ2v) is 5.79. The molecule has 1 aliphatic carbocycles. The van der Waals surface area contributed by atoms with E-state index in [1.165, 1.54) is 12.8 Å². The Bertz CT molecular complexity index is 518. The number of ether oxygens (including phenoxy) is 1. The van der Waals surface area contributed by atoms with Crippen molar-refractivity contribution in [2.24, 2.45) is 0 Å². The molecule has 0 radical (unpaired) electrons. The number of carbonyl (C=O) groups excluding carboxylic acids is 1. The third-order valence-electron chi connectivity index (χ3n) is 3.53. The van der Waals surface area contributed by atoms with Crippen LogP contribution in [0.25, 0.3) is 6.08 Å². The van der Waals surface area contributed by atoms with Crippen molar-refractivity contribution in [3.05, 3.63) is 29.8 Å². The molecule has 0 saturated heterocycles. The fourth-order valence-electron chi connectivity index (χ4n) is 2.52. The van der Waals surface area contributed by atoms with Gasteiger partial charge in [-0.1, -0.05) is 18.9 Å². The zero-order chi connectivity index (χ0) is 15.2. The zero-order valence-corrected chi connectivity index (χ0v) is 12.8. The molecule has 1 amide bonds. The van der Waals surface area contributed by atoms with Gasteiger partial charge in [-0.2, -0.15) is 0 Å². The molecule has 4 heteroatoms. The van der Waals surface area contributed by atoms with Crippen LogP contribution in [0.4, 0.5) is 5.69 Å². The van der Waals surface area contributed by atoms with E-state index in [0.717, 1.165) is 18.4 Å². The van der Waals surface area contributed by atoms with Crippen LogP contribution in [0.1, 0.15) is 45.1 Å². The molecule has 0 spiro atoms. The molecule has 21 heavy (non-hydrogen) atoms. The highest BCUT2D eigenvalue weighted by Crippen LogP contribution is 2.24. The summed E-state index contributed by atoms with van der Waals surface area (Å²) in [6, 6.07) is 5.89. The Balaban J connectivity index is 1.93. The van der Waals surface area contributed by atoms with Crippen molar-refractivity contribution >= 4 is 17.7 Å². The standard InChI is InChI=1S/C17H24N2O2/c1-12(2)21-16-9-7-13(11-15(16)18)8-10-17(20)19-14-5-3-4-6-14/h7-12,14H,3-6,18H2,1-2H3,(H,19,20)/b10-8-. The molecule has 0 aromatic heterocycles. The van der Waals surface area contributed by atoms with Gasteiger partial charge in [-0.25, -0.2) is 0 Å². The van der Waals surface area contributed by atoms with Gasteiger partial charge in [0.15, 0.2) is 0 Å². The molecule has 0 heterocycles. The maximum Gasteiger partial charge on any atom is 0.244 e. The van der Waals surface area contributed by atoms with Gasteiger partial charge in [-0.15, -0.1) is 0 Å². The topological polar surface area (TPSA) is 64.3 Å². The Morgan fingerprint density at radius 3 is 2.71 bits per heavy atom. The number of nitrogen functional groups attached to an aromatic ring is 1. The van der Waals surface area contributed by atoms with E-state index >= 15 is 0 Å². The number of hydrogen-bond acceptors (Lipinski definition) is 3. The van der Waals surface area contributed by atoms with Crippen LogP contribution in [0.5, 0.6) is 5.75 Å². The Morgan fingerprint density at radius 2 is 2.10 bits per heavy atom. The SMILES string of the molecule is CC(C)Oc1ccc(/C=C\C(=O)NC2CCCC2)cc1N. The first-order chi connectivity index (χ1) is 10.0. The lowest BCUT2D eigenvalue weighted by Gasteiger charge is -2.12. The van der Waals surface area contributed by atoms with Gasteiger partial charge in [0.25, 0.3) is 0 Å². The number of nitrogens with two attached hydrogens (primary N) is 1. The number of benzene rings is 1. The summed E-state index contributed by atoms with van der Waals surface area (Å²) in [5, 5.41) is 3.02. The Kier molecular flexibility index (Phi) is 5.26. The smallest absolute Gasteiger partial charge is 0.244 e. The van der Waals surface area contributed by atoms with E-state index in [1.54, 1.807) is 12.2 Å². The normalized spacial score (nSPS) is 15.8. The molecule has 0 unspecified atom stereocenters. The van der Waals surface area contributed by atoms with Crippen LogP contribution >= 0.6 is 0 Å². The lowest BCUT2D eigenvalue weighted by Crippen LogP contribution is -2.30. The third-order valence-corrected chi connectivity index (χ3v) is 3.53. The fraction of sp³-hybridized carbons (Fsp3) is 0.471. The minimum Gasteiger partial charge on any atom is -0.489 e. The van der Waals surface area contributed by atoms with Gasteiger partial charge < -0.3 is 15.8 Å². The summed E-state index contributed by atoms with van der Waals surface area (Å²) in [6.45, 7) is 3.92. The predicted molar refractivity (Wildman–Crippen MR) is 86.1 cm³/mol. The predicted octanol–water partition coefficient (Wildman–Crippen LogP) is 3.13. The Labute approximate surface area is 126 Å². The summed E-state index contributed by atoms with van der Waals surface area (Å²) in [6.07, 6.45) is 8.04. The highest BCUT2D eigenvalue weighted by Gasteiger charge is 2.15. The van der Waals surface area contributed by atoms with Crippen LogP contribution in [0.15, 0.2) is 24.3 Å². The lowest BCUT2D eigenvalue weighted by atomic mass is 10.1. The van der Waals surface area contributed by atoms with Crippen LogP contribution < -0.4 is 15.8 Å². The molecular formula is C17H24N2O2. The second-order valence-electron chi connectivity index (χ2n) is 5.79. The maximum absolute atomic E-state index is 11.8. The van der Waals surface area contributed by atoms with E-state index in [-0.39, 0.29) is 12.0 Å². The number of hydrogen-bond donors (Lipinski definition) is 2. The molecule has 2 rings (SSSR count). The van der Waals surface area contributed by atoms with Crippen molar-refractivity contribution in [3.8, 4) is 5.75 Å². The van der Waals surface area contributed by atoms with Gasteiger partial charge in [0.1, 0.15) is 5.75 Å². The van der Waals surface area contributed by atoms with Gasteiger partial charge in [0, 0.05) is 12.1 Å². The Hall–Kier alpha value is -1.97. The third kappa shape index (κ3) is 4.81. The average molecular weight is 288 g/mol. The fourth-order valence-corrected chi connectivity index (χ4v) is 2.52. The number of amides is 1. The molecular weight excluding hydrogens is 264 g/mol. The molecule has 1 aliphatic rings. The monoisotopic (exact) mass is 288 g/mol. The number of rotatable bonds is 5. The van der Waals surface area contributed by atoms with E-state index in [0.29, 0.717) is 17.5 Å². The van der Waals surface area contributed by atoms with Gasteiger partial charge >= 0.3 is 0 Å². The van der Waals surface area contributed by atoms with Crippen LogP contribution in [-0.2, 0) is 4.79 Å². The van der Waals surface area contributed by atoms with E-state index in [2.05, 4.69) is 5.32 Å². The molecule has 0 bridgehead atoms. The number of carbonyl (C=O) groups is 1. The second kappa shape index (κ2) is 7.16. The summed E-state index contributed by atoms with van der Waals surface area (Å²) >= 11 is 0. The summed E-state index contributed by atoms with van der Waals surface area (Å²) in [5.74, 6) is 0.639. The van der Waals surface area contributed by atoms with E-state index < -0.39 is 0 Å². The van der Waals surface area contributed by atoms with E-state index in [9.17, 15) is 4.79 Å². The average Bonchev–Trinajstić information content (AvgIpc) is 2.91. The summed E-state index contributed by atoms with van der Waals surface area (Å²) in [7, 11) is 0. The van der Waals surface area contributed by atoms with Gasteiger partial charge in [-0.05, 0) is 50.5 Å². The molecule has 1 aromatic carbocycles. The Morgan fingerprint density at radius 1 is 1.38 bits per heavy atom. The largest absolute Gasteiger partial charge is 0.489 e. The first-order valence-electron chi connectivity index (χ1n) is 7.59. The molecule has 0 aliphatic heterocycles. The maximum atomic E-state index is 11.8. The summed E-state index contributed by atoms with van der Waals surface area (Å²) < 4.78 is 5.59. The van der Waals surface area contributed by atoms with Gasteiger partial charge in [-0.3, -0.25) is 4.79 Å². The van der Waals surface area contributed by atoms with Crippen molar-refractivity contribution in [2.75, 3.05) is 5.73 Å². The molecule has 114 valence electrons. The van der Waals surface area contributed by atoms with Crippen LogP contribution in [0, 0.1) is 0 Å². The van der Waals surface area contributed by atoms with Crippen LogP contribution in [0.2, 0.25) is 0 Å². The first kappa shape index (κ1) is 15.4. The number of anilines is 1. The molecule has 0 atom stereocenters. The molecule has 4 nitrogen and oxygen atoms in total. The minimum absolute atomic E-state index is 0.0389. The van der Waals surface area contributed by atoms with E-state index in [1.807, 2.05) is 32.0 Å². The highest BCUT2D eigenvalue weighted by atomic mass is 16.5. The van der Waals surface area contributed by atoms with Crippen molar-refractivity contribution in [1.29, 1.82) is 0 Å². The summed E-state index contributed by atoms with van der Waals surface area (Å²) in [4.78, 5) is 11.8. The minimum atomic E-state index is -0.0389. The van der Waals surface area contributed by atoms with Crippen molar-refractivity contribution in [3.63, 3.8) is 0 Å². The van der Waals surface area contributed by atoms with Crippen molar-refractivity contribution in [1.82, 2.24) is 5.32 Å². The van der Waals surface area contributed by atoms with Gasteiger partial charge in [0.05, 0.1) is 11.8 Å². The molecule has 1 saturated carbocycles. The lowest BCUT2D eigenvalue weighted by molar-refractivity contribution is -0.117. The van der Waals surface area contributed by atoms with Crippen LogP contribution in [0.3, 0.4) is 0 Å². The molecule has 1 fully saturated rings. The molecule has 3 N–H and O–H groups in total. The highest BCUT2D eigenvalue weighted by molar-refractivity contribution is 5.92. The zero-order valence-electron chi connectivity index (χ0n) is 12.8. The molecule has 1 aromatic rings. The van der Waals surface area contributed by atoms with Crippen molar-refractivity contribution in [2.45, 2.75) is 51.7 Å². The number of nitrogens with one attached hydrogen (secondary N) is 1. The van der Waals surface area contributed by atoms with E-state index in [4.69, 9.17) is 10.5 Å². The van der Waals surface area contributed by atoms with Crippen molar-refractivity contribution < 1.29 is 9.53 Å². The summed E-state index contributed by atoms with van der Waals surface area (Å²) in [5.41, 5.74) is 7.43. The van der Waals surface area contributed by atoms with Gasteiger partial charge in [0.2, 0.25) is 5.91 Å².